The lowest BCUT2D eigenvalue weighted by Crippen LogP contribution is -2.50. The Labute approximate surface area is 124 Å². The smallest absolute Gasteiger partial charge is 0.307 e. The molecule has 1 aromatic rings. The number of benzene rings is 1. The van der Waals surface area contributed by atoms with Crippen molar-refractivity contribution < 1.29 is 18.7 Å². The van der Waals surface area contributed by atoms with Gasteiger partial charge >= 0.3 is 5.97 Å². The van der Waals surface area contributed by atoms with E-state index < -0.39 is 5.54 Å². The van der Waals surface area contributed by atoms with Crippen LogP contribution < -0.4 is 0 Å². The van der Waals surface area contributed by atoms with E-state index in [9.17, 15) is 9.18 Å². The van der Waals surface area contributed by atoms with Crippen molar-refractivity contribution >= 4 is 5.97 Å². The molecule has 1 heterocycles. The highest BCUT2D eigenvalue weighted by atomic mass is 19.1. The minimum absolute atomic E-state index is 0.240. The van der Waals surface area contributed by atoms with Crippen LogP contribution in [0.2, 0.25) is 0 Å². The molecule has 0 amide bonds. The van der Waals surface area contributed by atoms with Gasteiger partial charge in [0, 0.05) is 13.1 Å². The van der Waals surface area contributed by atoms with Crippen LogP contribution in [0.25, 0.3) is 0 Å². The van der Waals surface area contributed by atoms with Gasteiger partial charge < -0.3 is 9.47 Å². The number of hydrogen-bond acceptors (Lipinski definition) is 4. The Morgan fingerprint density at radius 2 is 1.95 bits per heavy atom. The average Bonchev–Trinajstić information content (AvgIpc) is 2.49. The maximum absolute atomic E-state index is 13.2. The Hall–Kier alpha value is -1.46. The highest BCUT2D eigenvalue weighted by Gasteiger charge is 2.37. The number of carbonyl (C=O) groups excluding carboxylic acids is 1. The molecule has 0 aromatic heterocycles. The van der Waals surface area contributed by atoms with Crippen LogP contribution in [0.15, 0.2) is 24.3 Å². The molecule has 1 aliphatic rings. The van der Waals surface area contributed by atoms with E-state index in [2.05, 4.69) is 4.90 Å². The van der Waals surface area contributed by atoms with E-state index >= 15 is 0 Å². The number of morpholine rings is 1. The zero-order valence-corrected chi connectivity index (χ0v) is 12.6. The van der Waals surface area contributed by atoms with E-state index in [0.717, 1.165) is 18.7 Å². The normalized spacial score (nSPS) is 19.0. The number of halogens is 1. The molecule has 1 atom stereocenters. The zero-order valence-electron chi connectivity index (χ0n) is 12.6. The Kier molecular flexibility index (Phi) is 5.31. The summed E-state index contributed by atoms with van der Waals surface area (Å²) in [7, 11) is 0. The van der Waals surface area contributed by atoms with Gasteiger partial charge in [-0.25, -0.2) is 4.39 Å². The first-order valence-corrected chi connectivity index (χ1v) is 7.30. The molecule has 0 bridgehead atoms. The summed E-state index contributed by atoms with van der Waals surface area (Å²) in [5.74, 6) is -0.518. The lowest BCUT2D eigenvalue weighted by Gasteiger charge is -2.43. The molecule has 1 unspecified atom stereocenters. The third-order valence-electron chi connectivity index (χ3n) is 3.97. The minimum atomic E-state index is -0.510. The Morgan fingerprint density at radius 3 is 2.52 bits per heavy atom. The van der Waals surface area contributed by atoms with Gasteiger partial charge in [0.15, 0.2) is 0 Å². The fraction of sp³-hybridized carbons (Fsp3) is 0.562. The molecule has 0 N–H and O–H groups in total. The second-order valence-electron chi connectivity index (χ2n) is 5.36. The Balaban J connectivity index is 2.27. The fourth-order valence-electron chi connectivity index (χ4n) is 2.76. The van der Waals surface area contributed by atoms with Gasteiger partial charge in [0.2, 0.25) is 0 Å². The summed E-state index contributed by atoms with van der Waals surface area (Å²) in [6, 6.07) is 6.34. The highest BCUT2D eigenvalue weighted by molar-refractivity contribution is 5.71. The van der Waals surface area contributed by atoms with Gasteiger partial charge in [0.05, 0.1) is 31.8 Å². The maximum atomic E-state index is 13.2. The van der Waals surface area contributed by atoms with Crippen molar-refractivity contribution in [2.24, 2.45) is 0 Å². The van der Waals surface area contributed by atoms with Crippen molar-refractivity contribution in [3.8, 4) is 0 Å². The Bertz CT molecular complexity index is 471. The molecule has 1 aromatic carbocycles. The molecular weight excluding hydrogens is 273 g/mol. The van der Waals surface area contributed by atoms with Gasteiger partial charge in [-0.3, -0.25) is 9.69 Å². The summed E-state index contributed by atoms with van der Waals surface area (Å²) in [5.41, 5.74) is 0.405. The van der Waals surface area contributed by atoms with E-state index in [0.29, 0.717) is 19.8 Å². The molecule has 0 radical (unpaired) electrons. The molecule has 1 aliphatic heterocycles. The molecular formula is C16H22FNO3. The van der Waals surface area contributed by atoms with Crippen LogP contribution in [0.1, 0.15) is 25.8 Å². The lowest BCUT2D eigenvalue weighted by molar-refractivity contribution is -0.147. The van der Waals surface area contributed by atoms with Crippen molar-refractivity contribution in [1.82, 2.24) is 4.90 Å². The summed E-state index contributed by atoms with van der Waals surface area (Å²) >= 11 is 0. The predicted molar refractivity (Wildman–Crippen MR) is 77.4 cm³/mol. The molecule has 5 heteroatoms. The number of nitrogens with zero attached hydrogens (tertiary/aromatic N) is 1. The van der Waals surface area contributed by atoms with Crippen LogP contribution >= 0.6 is 0 Å². The van der Waals surface area contributed by atoms with E-state index in [1.165, 1.54) is 12.1 Å². The second kappa shape index (κ2) is 7.00. The first-order valence-electron chi connectivity index (χ1n) is 7.30. The summed E-state index contributed by atoms with van der Waals surface area (Å²) < 4.78 is 23.7. The minimum Gasteiger partial charge on any atom is -0.466 e. The third-order valence-corrected chi connectivity index (χ3v) is 3.97. The van der Waals surface area contributed by atoms with Crippen molar-refractivity contribution in [3.05, 3.63) is 35.6 Å². The summed E-state index contributed by atoms with van der Waals surface area (Å²) in [4.78, 5) is 14.2. The molecule has 116 valence electrons. The molecule has 21 heavy (non-hydrogen) atoms. The van der Waals surface area contributed by atoms with Crippen LogP contribution in [0.4, 0.5) is 4.39 Å². The van der Waals surface area contributed by atoms with Gasteiger partial charge in [0.1, 0.15) is 5.82 Å². The lowest BCUT2D eigenvalue weighted by atomic mass is 9.86. The number of ether oxygens (including phenoxy) is 2. The molecule has 1 fully saturated rings. The second-order valence-corrected chi connectivity index (χ2v) is 5.36. The first kappa shape index (κ1) is 15.9. The van der Waals surface area contributed by atoms with Gasteiger partial charge in [0.25, 0.3) is 0 Å². The summed E-state index contributed by atoms with van der Waals surface area (Å²) in [5, 5.41) is 0. The zero-order chi connectivity index (χ0) is 15.3. The van der Waals surface area contributed by atoms with Crippen LogP contribution in [-0.2, 0) is 19.8 Å². The standard InChI is InChI=1S/C16H22FNO3/c1-3-21-15(19)12-16(2,18-8-10-20-11-9-18)13-4-6-14(17)7-5-13/h4-7H,3,8-12H2,1-2H3. The summed E-state index contributed by atoms with van der Waals surface area (Å²) in [6.45, 7) is 6.92. The number of carbonyl (C=O) groups is 1. The molecule has 4 nitrogen and oxygen atoms in total. The SMILES string of the molecule is CCOC(=O)CC(C)(c1ccc(F)cc1)N1CCOCC1. The maximum Gasteiger partial charge on any atom is 0.307 e. The van der Waals surface area contributed by atoms with Gasteiger partial charge in [-0.2, -0.15) is 0 Å². The highest BCUT2D eigenvalue weighted by Crippen LogP contribution is 2.33. The van der Waals surface area contributed by atoms with Crippen molar-refractivity contribution in [1.29, 1.82) is 0 Å². The van der Waals surface area contributed by atoms with Crippen molar-refractivity contribution in [2.75, 3.05) is 32.9 Å². The van der Waals surface area contributed by atoms with E-state index in [1.807, 2.05) is 6.92 Å². The number of esters is 1. The molecule has 0 spiro atoms. The molecule has 2 rings (SSSR count). The number of hydrogen-bond donors (Lipinski definition) is 0. The van der Waals surface area contributed by atoms with E-state index in [4.69, 9.17) is 9.47 Å². The van der Waals surface area contributed by atoms with Crippen LogP contribution in [-0.4, -0.2) is 43.8 Å². The van der Waals surface area contributed by atoms with Gasteiger partial charge in [-0.05, 0) is 31.5 Å². The van der Waals surface area contributed by atoms with E-state index in [-0.39, 0.29) is 18.2 Å². The average molecular weight is 295 g/mol. The molecule has 1 saturated heterocycles. The Morgan fingerprint density at radius 1 is 1.33 bits per heavy atom. The van der Waals surface area contributed by atoms with Crippen LogP contribution in [0, 0.1) is 5.82 Å². The third kappa shape index (κ3) is 3.80. The van der Waals surface area contributed by atoms with Gasteiger partial charge in [-0.15, -0.1) is 0 Å². The predicted octanol–water partition coefficient (Wildman–Crippen LogP) is 2.33. The molecule has 0 aliphatic carbocycles. The first-order chi connectivity index (χ1) is 10.1. The quantitative estimate of drug-likeness (QED) is 0.782. The largest absolute Gasteiger partial charge is 0.466 e. The fourth-order valence-corrected chi connectivity index (χ4v) is 2.76. The number of rotatable bonds is 5. The summed E-state index contributed by atoms with van der Waals surface area (Å²) in [6.07, 6.45) is 0.243. The topological polar surface area (TPSA) is 38.8 Å². The molecule has 0 saturated carbocycles. The van der Waals surface area contributed by atoms with Crippen molar-refractivity contribution in [2.45, 2.75) is 25.8 Å². The van der Waals surface area contributed by atoms with Crippen molar-refractivity contribution in [3.63, 3.8) is 0 Å². The van der Waals surface area contributed by atoms with Gasteiger partial charge in [-0.1, -0.05) is 12.1 Å². The van der Waals surface area contributed by atoms with E-state index in [1.54, 1.807) is 19.1 Å². The monoisotopic (exact) mass is 295 g/mol. The van der Waals surface area contributed by atoms with Crippen LogP contribution in [0.5, 0.6) is 0 Å². The van der Waals surface area contributed by atoms with Crippen LogP contribution in [0.3, 0.4) is 0 Å².